The van der Waals surface area contributed by atoms with Gasteiger partial charge in [0.05, 0.1) is 16.9 Å². The van der Waals surface area contributed by atoms with Crippen molar-refractivity contribution in [1.29, 1.82) is 0 Å². The van der Waals surface area contributed by atoms with Crippen LogP contribution in [0.5, 0.6) is 0 Å². The number of carbonyl (C=O) groups excluding carboxylic acids is 2. The van der Waals surface area contributed by atoms with Crippen LogP contribution in [-0.2, 0) is 0 Å². The number of benzene rings is 2. The number of fused-ring (bicyclic) bond motifs is 3. The molecule has 3 aliphatic rings. The molecule has 0 saturated heterocycles. The molecule has 0 spiro atoms. The Morgan fingerprint density at radius 2 is 1.06 bits per heavy atom. The van der Waals surface area contributed by atoms with Crippen molar-refractivity contribution in [2.45, 2.75) is 62.2 Å². The summed E-state index contributed by atoms with van der Waals surface area (Å²) in [5, 5.41) is 0. The van der Waals surface area contributed by atoms with Crippen molar-refractivity contribution in [3.63, 3.8) is 0 Å². The Hall–Kier alpha value is -0.640. The fourth-order valence-electron chi connectivity index (χ4n) is 4.13. The molecule has 0 N–H and O–H groups in total. The van der Waals surface area contributed by atoms with Crippen molar-refractivity contribution >= 4 is 82.1 Å². The lowest BCUT2D eigenvalue weighted by molar-refractivity contribution is 0.0978. The summed E-state index contributed by atoms with van der Waals surface area (Å²) in [6.07, 6.45) is 7.61. The summed E-state index contributed by atoms with van der Waals surface area (Å²) in [5.74, 6) is 2.27. The van der Waals surface area contributed by atoms with Crippen LogP contribution in [0.4, 0.5) is 0 Å². The molecule has 188 valence electrons. The number of hydrogen-bond donors (Lipinski definition) is 0. The molecule has 0 fully saturated rings. The molecule has 1 aliphatic carbocycles. The molecule has 2 aromatic carbocycles. The van der Waals surface area contributed by atoms with Gasteiger partial charge < -0.3 is 0 Å². The molecule has 0 radical (unpaired) electrons. The highest BCUT2D eigenvalue weighted by molar-refractivity contribution is 8.42. The third kappa shape index (κ3) is 5.69. The highest BCUT2D eigenvalue weighted by Crippen LogP contribution is 2.64. The van der Waals surface area contributed by atoms with E-state index in [0.29, 0.717) is 22.3 Å². The maximum Gasteiger partial charge on any atom is 0.194 e. The first-order chi connectivity index (χ1) is 17.6. The summed E-state index contributed by atoms with van der Waals surface area (Å²) in [5.41, 5.74) is 2.12. The number of ketones is 2. The van der Waals surface area contributed by atoms with Crippen molar-refractivity contribution in [2.75, 3.05) is 11.5 Å². The monoisotopic (exact) mass is 588 g/mol. The van der Waals surface area contributed by atoms with E-state index in [-0.39, 0.29) is 11.6 Å². The van der Waals surface area contributed by atoms with Crippen LogP contribution in [0.2, 0.25) is 0 Å². The third-order valence-electron chi connectivity index (χ3n) is 6.06. The maximum atomic E-state index is 13.2. The van der Waals surface area contributed by atoms with E-state index in [4.69, 9.17) is 0 Å². The highest BCUT2D eigenvalue weighted by Gasteiger charge is 2.34. The second-order valence-corrected chi connectivity index (χ2v) is 16.1. The first kappa shape index (κ1) is 26.9. The van der Waals surface area contributed by atoms with Gasteiger partial charge in [0, 0.05) is 32.0 Å². The zero-order valence-electron chi connectivity index (χ0n) is 20.4. The molecular formula is C28H28O2S6. The van der Waals surface area contributed by atoms with Crippen LogP contribution in [0.3, 0.4) is 0 Å². The van der Waals surface area contributed by atoms with Crippen LogP contribution >= 0.6 is 70.6 Å². The standard InChI is InChI=1S/C28H28O2S6/c1-3-5-9-13-31-25-26(32-14-10-6-4-2)36-28(35-25)27-33-21-15-19-20(16-22(21)34-27)24(30)18-12-8-7-11-17(18)23(19)29/h7-8,11-12,15-16H,3-6,9-10,13-14H2,1-2H3. The molecular weight excluding hydrogens is 561 g/mol. The fraction of sp³-hybridized carbons (Fsp3) is 0.357. The largest absolute Gasteiger partial charge is 0.289 e. The Balaban J connectivity index is 1.35. The van der Waals surface area contributed by atoms with E-state index in [1.165, 1.54) is 67.0 Å². The number of rotatable bonds is 10. The number of thioether (sulfide) groups is 6. The number of unbranched alkanes of at least 4 members (excludes halogenated alkanes) is 4. The van der Waals surface area contributed by atoms with Gasteiger partial charge in [0.15, 0.2) is 11.6 Å². The van der Waals surface area contributed by atoms with E-state index >= 15 is 0 Å². The van der Waals surface area contributed by atoms with Crippen molar-refractivity contribution in [2.24, 2.45) is 0 Å². The molecule has 2 nitrogen and oxygen atoms in total. The summed E-state index contributed by atoms with van der Waals surface area (Å²) in [6.45, 7) is 4.51. The van der Waals surface area contributed by atoms with Gasteiger partial charge in [-0.1, -0.05) is 111 Å². The Morgan fingerprint density at radius 1 is 0.611 bits per heavy atom. The molecule has 8 heteroatoms. The van der Waals surface area contributed by atoms with E-state index in [0.717, 1.165) is 9.79 Å². The lowest BCUT2D eigenvalue weighted by atomic mass is 9.84. The van der Waals surface area contributed by atoms with Crippen LogP contribution in [0, 0.1) is 0 Å². The van der Waals surface area contributed by atoms with Crippen molar-refractivity contribution in [3.05, 3.63) is 75.6 Å². The van der Waals surface area contributed by atoms with Crippen LogP contribution < -0.4 is 0 Å². The predicted octanol–water partition coefficient (Wildman–Crippen LogP) is 10.2. The SMILES string of the molecule is CCCCCSC1=C(SCCCCC)SC(=C2Sc3cc4c(cc3S2)C(=O)c2ccccc2C4=O)S1. The van der Waals surface area contributed by atoms with E-state index in [2.05, 4.69) is 13.8 Å². The number of carbonyl (C=O) groups is 2. The van der Waals surface area contributed by atoms with E-state index in [9.17, 15) is 9.59 Å². The lowest BCUT2D eigenvalue weighted by Gasteiger charge is -2.17. The summed E-state index contributed by atoms with van der Waals surface area (Å²) < 4.78 is 5.53. The Morgan fingerprint density at radius 3 is 1.50 bits per heavy atom. The zero-order valence-corrected chi connectivity index (χ0v) is 25.3. The van der Waals surface area contributed by atoms with Crippen LogP contribution in [0.25, 0.3) is 0 Å². The van der Waals surface area contributed by atoms with E-state index in [1.807, 2.05) is 71.3 Å². The third-order valence-corrected chi connectivity index (χ3v) is 14.8. The Labute approximate surface area is 239 Å². The summed E-state index contributed by atoms with van der Waals surface area (Å²) in [6, 6.07) is 11.1. The quantitative estimate of drug-likeness (QED) is 0.216. The van der Waals surface area contributed by atoms with Gasteiger partial charge in [-0.3, -0.25) is 9.59 Å². The minimum atomic E-state index is -0.0440. The van der Waals surface area contributed by atoms with Crippen molar-refractivity contribution in [3.8, 4) is 0 Å². The molecule has 5 rings (SSSR count). The summed E-state index contributed by atoms with van der Waals surface area (Å²) in [7, 11) is 0. The molecule has 2 heterocycles. The first-order valence-electron chi connectivity index (χ1n) is 12.4. The second-order valence-electron chi connectivity index (χ2n) is 8.72. The van der Waals surface area contributed by atoms with Gasteiger partial charge in [-0.15, -0.1) is 23.5 Å². The van der Waals surface area contributed by atoms with Crippen molar-refractivity contribution < 1.29 is 9.59 Å². The van der Waals surface area contributed by atoms with Crippen LogP contribution in [0.15, 0.2) is 63.1 Å². The topological polar surface area (TPSA) is 34.1 Å². The highest BCUT2D eigenvalue weighted by atomic mass is 32.3. The molecule has 0 bridgehead atoms. The van der Waals surface area contributed by atoms with Gasteiger partial charge in [-0.25, -0.2) is 0 Å². The van der Waals surface area contributed by atoms with Gasteiger partial charge in [-0.05, 0) is 36.5 Å². The van der Waals surface area contributed by atoms with Gasteiger partial charge >= 0.3 is 0 Å². The maximum absolute atomic E-state index is 13.2. The molecule has 0 amide bonds. The molecule has 0 atom stereocenters. The molecule has 0 aromatic heterocycles. The molecule has 2 aromatic rings. The van der Waals surface area contributed by atoms with Gasteiger partial charge in [0.1, 0.15) is 0 Å². The summed E-state index contributed by atoms with van der Waals surface area (Å²) in [4.78, 5) is 28.5. The Kier molecular flexibility index (Phi) is 9.34. The van der Waals surface area contributed by atoms with Crippen LogP contribution in [-0.4, -0.2) is 23.1 Å². The van der Waals surface area contributed by atoms with Crippen molar-refractivity contribution in [1.82, 2.24) is 0 Å². The van der Waals surface area contributed by atoms with E-state index < -0.39 is 0 Å². The Bertz CT molecular complexity index is 1170. The minimum absolute atomic E-state index is 0.0440. The smallest absolute Gasteiger partial charge is 0.194 e. The van der Waals surface area contributed by atoms with Crippen LogP contribution in [0.1, 0.15) is 84.2 Å². The lowest BCUT2D eigenvalue weighted by Crippen LogP contribution is -2.20. The van der Waals surface area contributed by atoms with Gasteiger partial charge in [0.25, 0.3) is 0 Å². The predicted molar refractivity (Wildman–Crippen MR) is 165 cm³/mol. The minimum Gasteiger partial charge on any atom is -0.289 e. The normalized spacial score (nSPS) is 16.6. The first-order valence-corrected chi connectivity index (χ1v) is 17.7. The number of hydrogen-bond acceptors (Lipinski definition) is 8. The average molecular weight is 589 g/mol. The summed E-state index contributed by atoms with van der Waals surface area (Å²) >= 11 is 11.4. The van der Waals surface area contributed by atoms with Gasteiger partial charge in [-0.2, -0.15) is 0 Å². The molecule has 2 aliphatic heterocycles. The second kappa shape index (κ2) is 12.5. The molecule has 0 saturated carbocycles. The van der Waals surface area contributed by atoms with Gasteiger partial charge in [0.2, 0.25) is 0 Å². The molecule has 0 unspecified atom stereocenters. The average Bonchev–Trinajstić information content (AvgIpc) is 3.50. The van der Waals surface area contributed by atoms with E-state index in [1.54, 1.807) is 35.7 Å². The molecule has 36 heavy (non-hydrogen) atoms. The zero-order chi connectivity index (χ0) is 25.1. The fourth-order valence-corrected chi connectivity index (χ4v) is 13.0.